The number of benzene rings is 1. The first-order valence-electron chi connectivity index (χ1n) is 7.66. The third-order valence-electron chi connectivity index (χ3n) is 3.76. The van der Waals surface area contributed by atoms with Gasteiger partial charge in [-0.15, -0.1) is 0 Å². The Kier molecular flexibility index (Phi) is 7.23. The molecule has 4 heteroatoms. The van der Waals surface area contributed by atoms with E-state index in [2.05, 4.69) is 18.7 Å². The molecule has 118 valence electrons. The molecule has 1 N–H and O–H groups in total. The number of hydrogen-bond acceptors (Lipinski definition) is 3. The van der Waals surface area contributed by atoms with Gasteiger partial charge in [0.05, 0.1) is 6.54 Å². The van der Waals surface area contributed by atoms with Crippen LogP contribution in [0.3, 0.4) is 0 Å². The van der Waals surface area contributed by atoms with E-state index < -0.39 is 0 Å². The molecule has 0 heterocycles. The van der Waals surface area contributed by atoms with Gasteiger partial charge in [-0.25, -0.2) is 0 Å². The standard InChI is InChI=1S/C17H28N2O2/c1-5-12-19(13-17(21)18(3)4)14(2)6-7-15-8-10-16(20)11-9-15/h8-11,14,20H,5-7,12-13H2,1-4H3. The van der Waals surface area contributed by atoms with Crippen LogP contribution in [0.2, 0.25) is 0 Å². The smallest absolute Gasteiger partial charge is 0.236 e. The molecule has 0 bridgehead atoms. The number of carbonyl (C=O) groups excluding carboxylic acids is 1. The van der Waals surface area contributed by atoms with Crippen molar-refractivity contribution in [3.8, 4) is 5.75 Å². The molecule has 1 amide bonds. The summed E-state index contributed by atoms with van der Waals surface area (Å²) in [4.78, 5) is 15.8. The van der Waals surface area contributed by atoms with Crippen molar-refractivity contribution < 1.29 is 9.90 Å². The molecule has 0 spiro atoms. The lowest BCUT2D eigenvalue weighted by atomic mass is 10.0. The summed E-state index contributed by atoms with van der Waals surface area (Å²) in [7, 11) is 3.60. The zero-order chi connectivity index (χ0) is 15.8. The Labute approximate surface area is 128 Å². The number of likely N-dealkylation sites (N-methyl/N-ethyl adjacent to an activating group) is 1. The Hall–Kier alpha value is -1.55. The van der Waals surface area contributed by atoms with Crippen LogP contribution in [-0.2, 0) is 11.2 Å². The van der Waals surface area contributed by atoms with Gasteiger partial charge in [-0.05, 0) is 50.4 Å². The highest BCUT2D eigenvalue weighted by Gasteiger charge is 2.17. The normalized spacial score (nSPS) is 12.4. The summed E-state index contributed by atoms with van der Waals surface area (Å²) in [6.45, 7) is 5.74. The van der Waals surface area contributed by atoms with Crippen molar-refractivity contribution in [1.82, 2.24) is 9.80 Å². The van der Waals surface area contributed by atoms with Crippen molar-refractivity contribution in [3.05, 3.63) is 29.8 Å². The number of rotatable bonds is 8. The Balaban J connectivity index is 2.53. The second kappa shape index (κ2) is 8.67. The van der Waals surface area contributed by atoms with E-state index in [9.17, 15) is 9.90 Å². The van der Waals surface area contributed by atoms with E-state index in [0.29, 0.717) is 18.3 Å². The zero-order valence-electron chi connectivity index (χ0n) is 13.7. The van der Waals surface area contributed by atoms with Gasteiger partial charge < -0.3 is 10.0 Å². The van der Waals surface area contributed by atoms with Crippen molar-refractivity contribution >= 4 is 5.91 Å². The molecule has 21 heavy (non-hydrogen) atoms. The first-order chi connectivity index (χ1) is 9.93. The topological polar surface area (TPSA) is 43.8 Å². The van der Waals surface area contributed by atoms with Crippen LogP contribution in [0.1, 0.15) is 32.3 Å². The molecule has 0 aliphatic carbocycles. The largest absolute Gasteiger partial charge is 0.508 e. The molecule has 1 atom stereocenters. The molecule has 4 nitrogen and oxygen atoms in total. The molecule has 1 aromatic carbocycles. The summed E-state index contributed by atoms with van der Waals surface area (Å²) >= 11 is 0. The minimum absolute atomic E-state index is 0.153. The lowest BCUT2D eigenvalue weighted by Crippen LogP contribution is -2.42. The number of amides is 1. The zero-order valence-corrected chi connectivity index (χ0v) is 13.7. The molecule has 1 unspecified atom stereocenters. The average Bonchev–Trinajstić information content (AvgIpc) is 2.45. The van der Waals surface area contributed by atoms with Gasteiger partial charge in [0.15, 0.2) is 0 Å². The maximum absolute atomic E-state index is 11.9. The molecule has 0 aliphatic rings. The van der Waals surface area contributed by atoms with Crippen molar-refractivity contribution in [3.63, 3.8) is 0 Å². The molecule has 0 radical (unpaired) electrons. The first-order valence-corrected chi connectivity index (χ1v) is 7.66. The van der Waals surface area contributed by atoms with Crippen LogP contribution in [0.15, 0.2) is 24.3 Å². The predicted molar refractivity (Wildman–Crippen MR) is 86.4 cm³/mol. The number of aromatic hydroxyl groups is 1. The van der Waals surface area contributed by atoms with Crippen molar-refractivity contribution in [2.75, 3.05) is 27.2 Å². The van der Waals surface area contributed by atoms with Gasteiger partial charge >= 0.3 is 0 Å². The molecule has 0 saturated carbocycles. The summed E-state index contributed by atoms with van der Waals surface area (Å²) in [5.41, 5.74) is 1.22. The number of nitrogens with zero attached hydrogens (tertiary/aromatic N) is 2. The minimum Gasteiger partial charge on any atom is -0.508 e. The van der Waals surface area contributed by atoms with Gasteiger partial charge in [-0.1, -0.05) is 19.1 Å². The molecule has 1 rings (SSSR count). The summed E-state index contributed by atoms with van der Waals surface area (Å²) < 4.78 is 0. The highest BCUT2D eigenvalue weighted by molar-refractivity contribution is 5.77. The number of phenols is 1. The maximum Gasteiger partial charge on any atom is 0.236 e. The second-order valence-electron chi connectivity index (χ2n) is 5.81. The van der Waals surface area contributed by atoms with Crippen LogP contribution in [0.4, 0.5) is 0 Å². The van der Waals surface area contributed by atoms with Gasteiger partial charge in [0, 0.05) is 20.1 Å². The van der Waals surface area contributed by atoms with Crippen LogP contribution in [0, 0.1) is 0 Å². The average molecular weight is 292 g/mol. The van der Waals surface area contributed by atoms with Gasteiger partial charge in [-0.2, -0.15) is 0 Å². The summed E-state index contributed by atoms with van der Waals surface area (Å²) in [5, 5.41) is 9.29. The molecule has 0 saturated heterocycles. The minimum atomic E-state index is 0.153. The fourth-order valence-corrected chi connectivity index (χ4v) is 2.28. The summed E-state index contributed by atoms with van der Waals surface area (Å²) in [6.07, 6.45) is 3.01. The lowest BCUT2D eigenvalue weighted by Gasteiger charge is -2.29. The van der Waals surface area contributed by atoms with Crippen LogP contribution in [0.25, 0.3) is 0 Å². The van der Waals surface area contributed by atoms with E-state index >= 15 is 0 Å². The lowest BCUT2D eigenvalue weighted by molar-refractivity contribution is -0.130. The molecule has 1 aromatic rings. The van der Waals surface area contributed by atoms with Gasteiger partial charge in [0.2, 0.25) is 5.91 Å². The van der Waals surface area contributed by atoms with E-state index in [1.54, 1.807) is 31.1 Å². The quantitative estimate of drug-likeness (QED) is 0.800. The number of hydrogen-bond donors (Lipinski definition) is 1. The maximum atomic E-state index is 11.9. The van der Waals surface area contributed by atoms with Crippen molar-refractivity contribution in [2.24, 2.45) is 0 Å². The van der Waals surface area contributed by atoms with Crippen LogP contribution in [0.5, 0.6) is 5.75 Å². The van der Waals surface area contributed by atoms with Gasteiger partial charge in [0.25, 0.3) is 0 Å². The van der Waals surface area contributed by atoms with E-state index in [1.165, 1.54) is 5.56 Å². The fourth-order valence-electron chi connectivity index (χ4n) is 2.28. The Bertz CT molecular complexity index is 429. The highest BCUT2D eigenvalue weighted by atomic mass is 16.3. The molecule has 0 aromatic heterocycles. The predicted octanol–water partition coefficient (Wildman–Crippen LogP) is 2.51. The molecule has 0 aliphatic heterocycles. The Morgan fingerprint density at radius 1 is 1.24 bits per heavy atom. The SMILES string of the molecule is CCCN(CC(=O)N(C)C)C(C)CCc1ccc(O)cc1. The molecular formula is C17H28N2O2. The Morgan fingerprint density at radius 3 is 2.38 bits per heavy atom. The second-order valence-corrected chi connectivity index (χ2v) is 5.81. The monoisotopic (exact) mass is 292 g/mol. The van der Waals surface area contributed by atoms with E-state index in [-0.39, 0.29) is 5.91 Å². The van der Waals surface area contributed by atoms with Crippen molar-refractivity contribution in [2.45, 2.75) is 39.2 Å². The van der Waals surface area contributed by atoms with Crippen LogP contribution >= 0.6 is 0 Å². The Morgan fingerprint density at radius 2 is 1.86 bits per heavy atom. The van der Waals surface area contributed by atoms with Crippen LogP contribution in [-0.4, -0.2) is 54.0 Å². The molecular weight excluding hydrogens is 264 g/mol. The van der Waals surface area contributed by atoms with E-state index in [0.717, 1.165) is 25.8 Å². The summed E-state index contributed by atoms with van der Waals surface area (Å²) in [5.74, 6) is 0.455. The van der Waals surface area contributed by atoms with Gasteiger partial charge in [-0.3, -0.25) is 9.69 Å². The fraction of sp³-hybridized carbons (Fsp3) is 0.588. The first kappa shape index (κ1) is 17.5. The van der Waals surface area contributed by atoms with Gasteiger partial charge in [0.1, 0.15) is 5.75 Å². The van der Waals surface area contributed by atoms with Crippen molar-refractivity contribution in [1.29, 1.82) is 0 Å². The third-order valence-corrected chi connectivity index (χ3v) is 3.76. The summed E-state index contributed by atoms with van der Waals surface area (Å²) in [6, 6.07) is 7.72. The van der Waals surface area contributed by atoms with Crippen LogP contribution < -0.4 is 0 Å². The van der Waals surface area contributed by atoms with E-state index in [4.69, 9.17) is 0 Å². The number of aryl methyl sites for hydroxylation is 1. The third kappa shape index (κ3) is 6.17. The highest BCUT2D eigenvalue weighted by Crippen LogP contribution is 2.14. The number of phenolic OH excluding ortho intramolecular Hbond substituents is 1. The van der Waals surface area contributed by atoms with E-state index in [1.807, 2.05) is 12.1 Å². The molecule has 0 fully saturated rings. The number of carbonyl (C=O) groups is 1.